The van der Waals surface area contributed by atoms with E-state index in [9.17, 15) is 0 Å². The van der Waals surface area contributed by atoms with Crippen molar-refractivity contribution in [2.24, 2.45) is 0 Å². The molecule has 21 heavy (non-hydrogen) atoms. The summed E-state index contributed by atoms with van der Waals surface area (Å²) in [5.74, 6) is 0. The second-order valence-corrected chi connectivity index (χ2v) is 6.15. The summed E-state index contributed by atoms with van der Waals surface area (Å²) in [6, 6.07) is 8.77. The Labute approximate surface area is 133 Å². The van der Waals surface area contributed by atoms with Crippen LogP contribution in [0.1, 0.15) is 45.1 Å². The van der Waals surface area contributed by atoms with Crippen LogP contribution in [0.4, 0.5) is 5.69 Å². The maximum atomic E-state index is 5.67. The van der Waals surface area contributed by atoms with Crippen LogP contribution in [-0.4, -0.2) is 23.9 Å². The van der Waals surface area contributed by atoms with Crippen molar-refractivity contribution in [2.75, 3.05) is 11.9 Å². The van der Waals surface area contributed by atoms with E-state index < -0.39 is 0 Å². The number of hydrogen-bond donors (Lipinski definition) is 2. The minimum Gasteiger partial charge on any atom is -0.376 e. The fourth-order valence-electron chi connectivity index (χ4n) is 2.60. The van der Waals surface area contributed by atoms with E-state index in [-0.39, 0.29) is 12.1 Å². The zero-order chi connectivity index (χ0) is 15.1. The molecule has 0 bridgehead atoms. The van der Waals surface area contributed by atoms with Gasteiger partial charge in [-0.15, -0.1) is 0 Å². The average Bonchev–Trinajstić information content (AvgIpc) is 3.01. The van der Waals surface area contributed by atoms with Crippen molar-refractivity contribution in [3.8, 4) is 0 Å². The molecule has 116 valence electrons. The van der Waals surface area contributed by atoms with Crippen LogP contribution in [-0.2, 0) is 11.2 Å². The first kappa shape index (κ1) is 16.2. The summed E-state index contributed by atoms with van der Waals surface area (Å²) in [5, 5.41) is 7.22. The molecule has 3 nitrogen and oxygen atoms in total. The molecule has 1 aliphatic rings. The molecule has 0 aliphatic carbocycles. The van der Waals surface area contributed by atoms with Gasteiger partial charge in [-0.3, -0.25) is 0 Å². The molecule has 2 N–H and O–H groups in total. The first-order valence-electron chi connectivity index (χ1n) is 7.97. The van der Waals surface area contributed by atoms with E-state index in [2.05, 4.69) is 48.7 Å². The summed E-state index contributed by atoms with van der Waals surface area (Å²) >= 11 is 5.37. The van der Waals surface area contributed by atoms with Gasteiger partial charge in [0, 0.05) is 12.3 Å². The van der Waals surface area contributed by atoms with Gasteiger partial charge >= 0.3 is 0 Å². The highest BCUT2D eigenvalue weighted by Gasteiger charge is 2.22. The molecule has 0 radical (unpaired) electrons. The normalized spacial score (nSPS) is 19.2. The highest BCUT2D eigenvalue weighted by Crippen LogP contribution is 2.16. The Balaban J connectivity index is 1.78. The summed E-state index contributed by atoms with van der Waals surface area (Å²) in [6.07, 6.45) is 6.16. The van der Waals surface area contributed by atoms with E-state index in [1.54, 1.807) is 0 Å². The van der Waals surface area contributed by atoms with Crippen molar-refractivity contribution in [2.45, 2.75) is 58.1 Å². The third-order valence-corrected chi connectivity index (χ3v) is 4.13. The number of aryl methyl sites for hydroxylation is 1. The highest BCUT2D eigenvalue weighted by atomic mass is 32.1. The van der Waals surface area contributed by atoms with Crippen molar-refractivity contribution in [3.63, 3.8) is 0 Å². The third kappa shape index (κ3) is 5.29. The maximum Gasteiger partial charge on any atom is 0.171 e. The van der Waals surface area contributed by atoms with Gasteiger partial charge in [-0.05, 0) is 62.5 Å². The lowest BCUT2D eigenvalue weighted by atomic mass is 10.1. The van der Waals surface area contributed by atoms with Crippen LogP contribution in [0.5, 0.6) is 0 Å². The van der Waals surface area contributed by atoms with Crippen LogP contribution in [0.15, 0.2) is 24.3 Å². The number of benzene rings is 1. The van der Waals surface area contributed by atoms with Gasteiger partial charge in [-0.25, -0.2) is 0 Å². The van der Waals surface area contributed by atoms with E-state index in [0.717, 1.165) is 31.6 Å². The molecule has 2 atom stereocenters. The van der Waals surface area contributed by atoms with Gasteiger partial charge in [0.05, 0.1) is 12.1 Å². The van der Waals surface area contributed by atoms with E-state index in [1.165, 1.54) is 18.4 Å². The number of nitrogens with one attached hydrogen (secondary N) is 2. The molecule has 1 saturated heterocycles. The van der Waals surface area contributed by atoms with Crippen LogP contribution in [0.25, 0.3) is 0 Å². The summed E-state index contributed by atoms with van der Waals surface area (Å²) in [6.45, 7) is 5.21. The lowest BCUT2D eigenvalue weighted by Crippen LogP contribution is -2.42. The molecule has 1 heterocycles. The molecule has 1 aromatic rings. The van der Waals surface area contributed by atoms with Gasteiger partial charge < -0.3 is 15.4 Å². The topological polar surface area (TPSA) is 33.3 Å². The fraction of sp³-hybridized carbons (Fsp3) is 0.588. The molecule has 0 spiro atoms. The van der Waals surface area contributed by atoms with Gasteiger partial charge in [-0.1, -0.05) is 25.5 Å². The minimum absolute atomic E-state index is 0.247. The monoisotopic (exact) mass is 306 g/mol. The summed E-state index contributed by atoms with van der Waals surface area (Å²) in [5.41, 5.74) is 2.42. The highest BCUT2D eigenvalue weighted by molar-refractivity contribution is 7.80. The number of unbranched alkanes of at least 4 members (excludes halogenated alkanes) is 1. The quantitative estimate of drug-likeness (QED) is 0.781. The molecule has 0 aromatic heterocycles. The van der Waals surface area contributed by atoms with Crippen molar-refractivity contribution in [1.29, 1.82) is 0 Å². The van der Waals surface area contributed by atoms with Gasteiger partial charge in [-0.2, -0.15) is 0 Å². The van der Waals surface area contributed by atoms with Gasteiger partial charge in [0.25, 0.3) is 0 Å². The molecule has 0 saturated carbocycles. The van der Waals surface area contributed by atoms with E-state index in [4.69, 9.17) is 17.0 Å². The van der Waals surface area contributed by atoms with Crippen molar-refractivity contribution in [1.82, 2.24) is 5.32 Å². The predicted octanol–water partition coefficient (Wildman–Crippen LogP) is 3.88. The molecule has 1 aromatic carbocycles. The van der Waals surface area contributed by atoms with Gasteiger partial charge in [0.1, 0.15) is 0 Å². The Morgan fingerprint density at radius 2 is 2.14 bits per heavy atom. The molecule has 2 unspecified atom stereocenters. The predicted molar refractivity (Wildman–Crippen MR) is 92.8 cm³/mol. The summed E-state index contributed by atoms with van der Waals surface area (Å²) < 4.78 is 5.67. The molecule has 4 heteroatoms. The Morgan fingerprint density at radius 1 is 1.38 bits per heavy atom. The lowest BCUT2D eigenvalue weighted by molar-refractivity contribution is 0.0895. The Hall–Kier alpha value is -1.13. The molecule has 1 fully saturated rings. The summed E-state index contributed by atoms with van der Waals surface area (Å²) in [4.78, 5) is 0. The largest absolute Gasteiger partial charge is 0.376 e. The van der Waals surface area contributed by atoms with Crippen molar-refractivity contribution >= 4 is 23.0 Å². The van der Waals surface area contributed by atoms with Crippen LogP contribution >= 0.6 is 12.2 Å². The SMILES string of the molecule is CCCCc1ccc(NC(=S)NC(C)C2CCCO2)cc1. The molecular formula is C17H26N2OS. The van der Waals surface area contributed by atoms with Crippen LogP contribution in [0, 0.1) is 0 Å². The molecule has 2 rings (SSSR count). The Morgan fingerprint density at radius 3 is 2.76 bits per heavy atom. The van der Waals surface area contributed by atoms with Crippen molar-refractivity contribution in [3.05, 3.63) is 29.8 Å². The van der Waals surface area contributed by atoms with E-state index in [0.29, 0.717) is 5.11 Å². The minimum atomic E-state index is 0.247. The van der Waals surface area contributed by atoms with E-state index in [1.807, 2.05) is 0 Å². The van der Waals surface area contributed by atoms with Gasteiger partial charge in [0.15, 0.2) is 5.11 Å². The smallest absolute Gasteiger partial charge is 0.171 e. The van der Waals surface area contributed by atoms with Crippen LogP contribution < -0.4 is 10.6 Å². The standard InChI is InChI=1S/C17H26N2OS/c1-3-4-6-14-8-10-15(11-9-14)19-17(21)18-13(2)16-7-5-12-20-16/h8-11,13,16H,3-7,12H2,1-2H3,(H2,18,19,21). The fourth-order valence-corrected chi connectivity index (χ4v) is 2.90. The summed E-state index contributed by atoms with van der Waals surface area (Å²) in [7, 11) is 0. The third-order valence-electron chi connectivity index (χ3n) is 3.91. The number of ether oxygens (including phenoxy) is 1. The van der Waals surface area contributed by atoms with Crippen molar-refractivity contribution < 1.29 is 4.74 Å². The Kier molecular flexibility index (Phi) is 6.46. The van der Waals surface area contributed by atoms with Crippen LogP contribution in [0.2, 0.25) is 0 Å². The number of rotatable bonds is 6. The average molecular weight is 306 g/mol. The number of thiocarbonyl (C=S) groups is 1. The first-order chi connectivity index (χ1) is 10.2. The molecular weight excluding hydrogens is 280 g/mol. The maximum absolute atomic E-state index is 5.67. The molecule has 0 amide bonds. The zero-order valence-electron chi connectivity index (χ0n) is 13.0. The van der Waals surface area contributed by atoms with E-state index >= 15 is 0 Å². The second kappa shape index (κ2) is 8.35. The van der Waals surface area contributed by atoms with Gasteiger partial charge in [0.2, 0.25) is 0 Å². The Bertz CT molecular complexity index is 441. The second-order valence-electron chi connectivity index (χ2n) is 5.74. The van der Waals surface area contributed by atoms with Crippen LogP contribution in [0.3, 0.4) is 0 Å². The number of anilines is 1. The molecule has 1 aliphatic heterocycles. The lowest BCUT2D eigenvalue weighted by Gasteiger charge is -2.22. The zero-order valence-corrected chi connectivity index (χ0v) is 13.8. The first-order valence-corrected chi connectivity index (χ1v) is 8.38. The number of hydrogen-bond acceptors (Lipinski definition) is 2.